The SMILES string of the molecule is COc1ccc2c(O[C@H]3CC4C(=O)[C@@H](NC(=O)OC(C)(C)C)CCCOC/C=C\[C@@H]5C[C@@]5(C(=O)O)NC(=O)[C@@H]4C3)nccc2c1. The van der Waals surface area contributed by atoms with Gasteiger partial charge in [-0.1, -0.05) is 12.2 Å². The van der Waals surface area contributed by atoms with E-state index in [0.717, 1.165) is 10.8 Å². The predicted molar refractivity (Wildman–Crippen MR) is 163 cm³/mol. The molecule has 6 atom stereocenters. The number of nitrogens with one attached hydrogen (secondary N) is 2. The summed E-state index contributed by atoms with van der Waals surface area (Å²) in [6, 6.07) is 6.37. The largest absolute Gasteiger partial charge is 0.497 e. The molecule has 45 heavy (non-hydrogen) atoms. The molecule has 1 unspecified atom stereocenters. The van der Waals surface area contributed by atoms with Crippen LogP contribution >= 0.6 is 0 Å². The molecular formula is C33H41N3O9. The van der Waals surface area contributed by atoms with E-state index in [4.69, 9.17) is 18.9 Å². The summed E-state index contributed by atoms with van der Waals surface area (Å²) < 4.78 is 22.8. The summed E-state index contributed by atoms with van der Waals surface area (Å²) in [6.07, 6.45) is 5.12. The van der Waals surface area contributed by atoms with Gasteiger partial charge >= 0.3 is 12.1 Å². The Bertz CT molecular complexity index is 1490. The maximum atomic E-state index is 14.2. The second-order valence-corrected chi connectivity index (χ2v) is 13.0. The Morgan fingerprint density at radius 1 is 1.16 bits per heavy atom. The van der Waals surface area contributed by atoms with Gasteiger partial charge in [0.1, 0.15) is 23.0 Å². The summed E-state index contributed by atoms with van der Waals surface area (Å²) in [5.74, 6) is -3.11. The number of carbonyl (C=O) groups is 4. The number of carboxylic acid groups (broad SMARTS) is 1. The Balaban J connectivity index is 1.44. The number of nitrogens with zero attached hydrogens (tertiary/aromatic N) is 1. The second kappa shape index (κ2) is 13.0. The number of amides is 2. The number of alkyl carbamates (subject to hydrolysis) is 1. The lowest BCUT2D eigenvalue weighted by molar-refractivity contribution is -0.144. The lowest BCUT2D eigenvalue weighted by Gasteiger charge is -2.27. The molecule has 0 bridgehead atoms. The number of fused-ring (bicyclic) bond motifs is 3. The third-order valence-corrected chi connectivity index (χ3v) is 8.58. The van der Waals surface area contributed by atoms with Gasteiger partial charge in [0.25, 0.3) is 0 Å². The number of aromatic nitrogens is 1. The van der Waals surface area contributed by atoms with Gasteiger partial charge in [-0.3, -0.25) is 9.59 Å². The van der Waals surface area contributed by atoms with Crippen LogP contribution in [0, 0.1) is 17.8 Å². The first-order chi connectivity index (χ1) is 21.4. The zero-order chi connectivity index (χ0) is 32.4. The number of carboxylic acids is 1. The summed E-state index contributed by atoms with van der Waals surface area (Å²) in [7, 11) is 1.58. The van der Waals surface area contributed by atoms with Gasteiger partial charge < -0.3 is 34.7 Å². The third kappa shape index (κ3) is 7.38. The number of benzene rings is 1. The van der Waals surface area contributed by atoms with Crippen LogP contribution in [0.1, 0.15) is 52.9 Å². The summed E-state index contributed by atoms with van der Waals surface area (Å²) in [5.41, 5.74) is -2.23. The van der Waals surface area contributed by atoms with Crippen molar-refractivity contribution in [1.29, 1.82) is 0 Å². The van der Waals surface area contributed by atoms with Crippen LogP contribution in [-0.4, -0.2) is 77.5 Å². The number of hydrogen-bond acceptors (Lipinski definition) is 9. The van der Waals surface area contributed by atoms with Gasteiger partial charge in [-0.05, 0) is 82.5 Å². The first-order valence-corrected chi connectivity index (χ1v) is 15.3. The fourth-order valence-corrected chi connectivity index (χ4v) is 6.23. The van der Waals surface area contributed by atoms with E-state index in [9.17, 15) is 24.3 Å². The number of ether oxygens (including phenoxy) is 4. The topological polar surface area (TPSA) is 162 Å². The van der Waals surface area contributed by atoms with E-state index in [0.29, 0.717) is 24.7 Å². The van der Waals surface area contributed by atoms with E-state index >= 15 is 0 Å². The number of rotatable bonds is 5. The van der Waals surface area contributed by atoms with Gasteiger partial charge in [0.15, 0.2) is 5.78 Å². The van der Waals surface area contributed by atoms with E-state index < -0.39 is 59.0 Å². The molecule has 0 radical (unpaired) electrons. The van der Waals surface area contributed by atoms with Crippen LogP contribution in [0.15, 0.2) is 42.6 Å². The van der Waals surface area contributed by atoms with E-state index in [1.165, 1.54) is 0 Å². The van der Waals surface area contributed by atoms with Crippen LogP contribution in [0.4, 0.5) is 4.79 Å². The van der Waals surface area contributed by atoms with Crippen molar-refractivity contribution in [3.05, 3.63) is 42.6 Å². The number of Topliss-reactive ketones (excluding diaryl/α,β-unsaturated/α-hetero) is 1. The van der Waals surface area contributed by atoms with Crippen LogP contribution < -0.4 is 20.1 Å². The lowest BCUT2D eigenvalue weighted by atomic mass is 9.86. The number of pyridine rings is 1. The summed E-state index contributed by atoms with van der Waals surface area (Å²) in [6.45, 7) is 5.77. The molecule has 242 valence electrons. The average molecular weight is 624 g/mol. The minimum atomic E-state index is -1.45. The minimum Gasteiger partial charge on any atom is -0.497 e. The molecule has 2 amide bonds. The number of ketones is 1. The highest BCUT2D eigenvalue weighted by Crippen LogP contribution is 2.46. The lowest BCUT2D eigenvalue weighted by Crippen LogP contribution is -2.50. The molecule has 5 rings (SSSR count). The van der Waals surface area contributed by atoms with Crippen LogP contribution in [0.25, 0.3) is 10.8 Å². The molecule has 2 saturated carbocycles. The minimum absolute atomic E-state index is 0.162. The van der Waals surface area contributed by atoms with Crippen molar-refractivity contribution in [3.8, 4) is 11.6 Å². The highest BCUT2D eigenvalue weighted by Gasteiger charge is 2.61. The molecule has 0 spiro atoms. The van der Waals surface area contributed by atoms with Crippen molar-refractivity contribution < 1.29 is 43.2 Å². The van der Waals surface area contributed by atoms with Crippen molar-refractivity contribution in [1.82, 2.24) is 15.6 Å². The van der Waals surface area contributed by atoms with Gasteiger partial charge in [-0.15, -0.1) is 0 Å². The number of methoxy groups -OCH3 is 1. The molecule has 1 aromatic heterocycles. The zero-order valence-corrected chi connectivity index (χ0v) is 26.0. The summed E-state index contributed by atoms with van der Waals surface area (Å²) >= 11 is 0. The smallest absolute Gasteiger partial charge is 0.408 e. The Hall–Kier alpha value is -4.19. The molecule has 1 aliphatic heterocycles. The number of carbonyl (C=O) groups excluding carboxylic acids is 3. The maximum absolute atomic E-state index is 14.2. The summed E-state index contributed by atoms with van der Waals surface area (Å²) in [4.78, 5) is 57.6. The van der Waals surface area contributed by atoms with Crippen molar-refractivity contribution in [2.24, 2.45) is 17.8 Å². The molecule has 12 nitrogen and oxygen atoms in total. The molecule has 2 heterocycles. The predicted octanol–water partition coefficient (Wildman–Crippen LogP) is 3.81. The molecule has 3 N–H and O–H groups in total. The van der Waals surface area contributed by atoms with Crippen molar-refractivity contribution in [2.75, 3.05) is 20.3 Å². The average Bonchev–Trinajstić information content (AvgIpc) is 3.51. The standard InChI is InChI=1S/C33H41N3O9/c1-32(2,3)45-31(41)35-26-8-6-14-43-13-5-7-20-18-33(20,30(39)40)36-28(38)25-17-22(16-24(25)27(26)37)44-29-23-10-9-21(42-4)15-19(23)11-12-34-29/h5,7,9-12,15,20,22,24-26H,6,8,13-14,16-18H2,1-4H3,(H,35,41)(H,36,38)(H,39,40)/b7-5-/t20-,22+,24?,25-,26+,33-/m1/s1. The first-order valence-electron chi connectivity index (χ1n) is 15.3. The van der Waals surface area contributed by atoms with Crippen LogP contribution in [0.5, 0.6) is 11.6 Å². The monoisotopic (exact) mass is 623 g/mol. The van der Waals surface area contributed by atoms with Crippen LogP contribution in [0.3, 0.4) is 0 Å². The van der Waals surface area contributed by atoms with Crippen molar-refractivity contribution >= 4 is 34.5 Å². The fraction of sp³-hybridized carbons (Fsp3) is 0.545. The highest BCUT2D eigenvalue weighted by molar-refractivity contribution is 5.97. The molecule has 12 heteroatoms. The molecule has 2 aliphatic carbocycles. The van der Waals surface area contributed by atoms with E-state index in [1.807, 2.05) is 18.2 Å². The molecule has 1 aromatic carbocycles. The van der Waals surface area contributed by atoms with Gasteiger partial charge in [0.05, 0.1) is 25.7 Å². The van der Waals surface area contributed by atoms with Gasteiger partial charge in [-0.25, -0.2) is 14.6 Å². The zero-order valence-electron chi connectivity index (χ0n) is 26.0. The van der Waals surface area contributed by atoms with Crippen molar-refractivity contribution in [3.63, 3.8) is 0 Å². The van der Waals surface area contributed by atoms with E-state index in [1.54, 1.807) is 52.3 Å². The Morgan fingerprint density at radius 3 is 2.67 bits per heavy atom. The van der Waals surface area contributed by atoms with Crippen LogP contribution in [-0.2, 0) is 23.9 Å². The molecular weight excluding hydrogens is 582 g/mol. The normalized spacial score (nSPS) is 29.6. The third-order valence-electron chi connectivity index (χ3n) is 8.58. The van der Waals surface area contributed by atoms with Gasteiger partial charge in [-0.2, -0.15) is 0 Å². The highest BCUT2D eigenvalue weighted by atomic mass is 16.6. The fourth-order valence-electron chi connectivity index (χ4n) is 6.23. The molecule has 2 fully saturated rings. The Labute approximate surface area is 261 Å². The van der Waals surface area contributed by atoms with E-state index in [-0.39, 0.29) is 38.1 Å². The molecule has 0 saturated heterocycles. The Kier molecular flexibility index (Phi) is 9.33. The molecule has 2 aromatic rings. The maximum Gasteiger partial charge on any atom is 0.408 e. The summed E-state index contributed by atoms with van der Waals surface area (Å²) in [5, 5.41) is 17.1. The number of hydrogen-bond donors (Lipinski definition) is 3. The van der Waals surface area contributed by atoms with Crippen LogP contribution in [0.2, 0.25) is 0 Å². The quantitative estimate of drug-likeness (QED) is 0.418. The van der Waals surface area contributed by atoms with Gasteiger partial charge in [0.2, 0.25) is 11.8 Å². The molecule has 3 aliphatic rings. The van der Waals surface area contributed by atoms with Gasteiger partial charge in [0, 0.05) is 30.0 Å². The Morgan fingerprint density at radius 2 is 1.93 bits per heavy atom. The first kappa shape index (κ1) is 32.2. The number of aliphatic carboxylic acids is 1. The van der Waals surface area contributed by atoms with Crippen molar-refractivity contribution in [2.45, 2.75) is 76.2 Å². The second-order valence-electron chi connectivity index (χ2n) is 13.0. The van der Waals surface area contributed by atoms with E-state index in [2.05, 4.69) is 15.6 Å².